The van der Waals surface area contributed by atoms with Gasteiger partial charge in [0.1, 0.15) is 4.99 Å². The van der Waals surface area contributed by atoms with Crippen LogP contribution < -0.4 is 11.1 Å². The van der Waals surface area contributed by atoms with Crippen molar-refractivity contribution in [3.63, 3.8) is 0 Å². The molecule has 0 heterocycles. The van der Waals surface area contributed by atoms with E-state index in [2.05, 4.69) is 5.32 Å². The number of thiocarbonyl (C=S) groups is 1. The normalized spacial score (nSPS) is 11.4. The van der Waals surface area contributed by atoms with Crippen LogP contribution in [0.1, 0.15) is 18.9 Å². The Bertz CT molecular complexity index is 612. The van der Waals surface area contributed by atoms with Gasteiger partial charge in [-0.05, 0) is 18.6 Å². The molecule has 21 heavy (non-hydrogen) atoms. The average Bonchev–Trinajstić information content (AvgIpc) is 2.45. The van der Waals surface area contributed by atoms with Gasteiger partial charge >= 0.3 is 0 Å². The van der Waals surface area contributed by atoms with Crippen molar-refractivity contribution in [1.82, 2.24) is 9.62 Å². The van der Waals surface area contributed by atoms with E-state index in [-0.39, 0.29) is 22.3 Å². The van der Waals surface area contributed by atoms with E-state index in [0.717, 1.165) is 10.7 Å². The zero-order chi connectivity index (χ0) is 16.0. The van der Waals surface area contributed by atoms with E-state index in [0.29, 0.717) is 12.1 Å². The number of nitrogens with two attached hydrogens (primary N) is 1. The first kappa shape index (κ1) is 17.5. The van der Waals surface area contributed by atoms with Gasteiger partial charge in [0.05, 0.1) is 11.4 Å². The summed E-state index contributed by atoms with van der Waals surface area (Å²) in [5, 5.41) is 2.63. The van der Waals surface area contributed by atoms with Crippen molar-refractivity contribution in [2.45, 2.75) is 18.2 Å². The van der Waals surface area contributed by atoms with Crippen LogP contribution >= 0.6 is 12.2 Å². The molecular formula is C13H19N3O3S2. The molecule has 0 aliphatic carbocycles. The van der Waals surface area contributed by atoms with Crippen molar-refractivity contribution in [3.05, 3.63) is 29.8 Å². The van der Waals surface area contributed by atoms with E-state index in [1.54, 1.807) is 12.1 Å². The van der Waals surface area contributed by atoms with Crippen molar-refractivity contribution in [2.75, 3.05) is 20.1 Å². The van der Waals surface area contributed by atoms with Gasteiger partial charge < -0.3 is 11.1 Å². The van der Waals surface area contributed by atoms with Crippen molar-refractivity contribution in [3.8, 4) is 0 Å². The van der Waals surface area contributed by atoms with E-state index < -0.39 is 10.0 Å². The van der Waals surface area contributed by atoms with Crippen LogP contribution in [0.4, 0.5) is 0 Å². The summed E-state index contributed by atoms with van der Waals surface area (Å²) in [6, 6.07) is 5.93. The van der Waals surface area contributed by atoms with Crippen LogP contribution in [0.3, 0.4) is 0 Å². The van der Waals surface area contributed by atoms with E-state index in [4.69, 9.17) is 18.0 Å². The zero-order valence-corrected chi connectivity index (χ0v) is 13.6. The van der Waals surface area contributed by atoms with E-state index in [1.165, 1.54) is 19.2 Å². The third kappa shape index (κ3) is 4.76. The lowest BCUT2D eigenvalue weighted by atomic mass is 10.2. The molecule has 6 nitrogen and oxygen atoms in total. The third-order valence-electron chi connectivity index (χ3n) is 2.79. The second-order valence-corrected chi connectivity index (χ2v) is 6.98. The minimum absolute atomic E-state index is 0.0910. The van der Waals surface area contributed by atoms with Crippen LogP contribution in [0, 0.1) is 0 Å². The molecule has 116 valence electrons. The Morgan fingerprint density at radius 1 is 1.33 bits per heavy atom. The minimum atomic E-state index is -3.71. The maximum Gasteiger partial charge on any atom is 0.243 e. The Balaban J connectivity index is 2.84. The van der Waals surface area contributed by atoms with Gasteiger partial charge in [-0.2, -0.15) is 4.31 Å². The molecule has 0 saturated carbocycles. The largest absolute Gasteiger partial charge is 0.389 e. The summed E-state index contributed by atoms with van der Waals surface area (Å²) in [4.78, 5) is 11.9. The van der Waals surface area contributed by atoms with E-state index in [9.17, 15) is 13.2 Å². The molecule has 0 bridgehead atoms. The van der Waals surface area contributed by atoms with Crippen LogP contribution in [-0.2, 0) is 14.8 Å². The molecule has 0 spiro atoms. The molecule has 0 aromatic heterocycles. The van der Waals surface area contributed by atoms with Gasteiger partial charge in [0.2, 0.25) is 15.9 Å². The Hall–Kier alpha value is -1.51. The maximum absolute atomic E-state index is 12.3. The lowest BCUT2D eigenvalue weighted by Crippen LogP contribution is -2.38. The first-order valence-corrected chi connectivity index (χ1v) is 8.26. The molecular weight excluding hydrogens is 310 g/mol. The predicted molar refractivity (Wildman–Crippen MR) is 85.4 cm³/mol. The average molecular weight is 329 g/mol. The fourth-order valence-corrected chi connectivity index (χ4v) is 2.84. The van der Waals surface area contributed by atoms with Crippen LogP contribution in [0.5, 0.6) is 0 Å². The summed E-state index contributed by atoms with van der Waals surface area (Å²) in [5.74, 6) is -0.331. The standard InChI is InChI=1S/C13H19N3O3S2/c1-3-8-15-12(17)9-16(2)21(18,19)11-6-4-10(5-7-11)13(14)20/h4-7H,3,8-9H2,1-2H3,(H2,14,20)(H,15,17). The maximum atomic E-state index is 12.3. The van der Waals surface area contributed by atoms with E-state index >= 15 is 0 Å². The van der Waals surface area contributed by atoms with Crippen molar-refractivity contribution >= 4 is 33.1 Å². The highest BCUT2D eigenvalue weighted by Gasteiger charge is 2.22. The third-order valence-corrected chi connectivity index (χ3v) is 4.84. The molecule has 0 radical (unpaired) electrons. The molecule has 0 aliphatic heterocycles. The summed E-state index contributed by atoms with van der Waals surface area (Å²) in [6.07, 6.45) is 0.794. The van der Waals surface area contributed by atoms with Crippen LogP contribution in [0.15, 0.2) is 29.2 Å². The van der Waals surface area contributed by atoms with Crippen LogP contribution in [-0.4, -0.2) is 43.8 Å². The van der Waals surface area contributed by atoms with Crippen molar-refractivity contribution < 1.29 is 13.2 Å². The Morgan fingerprint density at radius 2 is 1.90 bits per heavy atom. The van der Waals surface area contributed by atoms with Crippen LogP contribution in [0.2, 0.25) is 0 Å². The molecule has 0 fully saturated rings. The first-order chi connectivity index (χ1) is 9.78. The number of carbonyl (C=O) groups is 1. The van der Waals surface area contributed by atoms with Crippen LogP contribution in [0.25, 0.3) is 0 Å². The number of carbonyl (C=O) groups excluding carboxylic acids is 1. The molecule has 0 atom stereocenters. The monoisotopic (exact) mass is 329 g/mol. The van der Waals surface area contributed by atoms with Crippen molar-refractivity contribution in [2.24, 2.45) is 5.73 Å². The summed E-state index contributed by atoms with van der Waals surface area (Å²) < 4.78 is 25.6. The molecule has 8 heteroatoms. The van der Waals surface area contributed by atoms with Gasteiger partial charge in [0.25, 0.3) is 0 Å². The fraction of sp³-hybridized carbons (Fsp3) is 0.385. The Morgan fingerprint density at radius 3 is 2.38 bits per heavy atom. The van der Waals surface area contributed by atoms with Gasteiger partial charge in [-0.3, -0.25) is 4.79 Å². The Kier molecular flexibility index (Phi) is 6.25. The number of hydrogen-bond acceptors (Lipinski definition) is 4. The first-order valence-electron chi connectivity index (χ1n) is 6.42. The molecule has 0 unspecified atom stereocenters. The van der Waals surface area contributed by atoms with Gasteiger partial charge in [-0.15, -0.1) is 0 Å². The quantitative estimate of drug-likeness (QED) is 0.709. The second-order valence-electron chi connectivity index (χ2n) is 4.50. The predicted octanol–water partition coefficient (Wildman–Crippen LogP) is 0.468. The molecule has 3 N–H and O–H groups in total. The minimum Gasteiger partial charge on any atom is -0.389 e. The van der Waals surface area contributed by atoms with Gasteiger partial charge in [0, 0.05) is 19.2 Å². The SMILES string of the molecule is CCCNC(=O)CN(C)S(=O)(=O)c1ccc(C(N)=S)cc1. The number of likely N-dealkylation sites (N-methyl/N-ethyl adjacent to an activating group) is 1. The molecule has 1 amide bonds. The number of rotatable bonds is 7. The summed E-state index contributed by atoms with van der Waals surface area (Å²) in [7, 11) is -2.35. The van der Waals surface area contributed by atoms with E-state index in [1.807, 2.05) is 6.92 Å². The Labute approximate surface area is 130 Å². The molecule has 1 aromatic rings. The smallest absolute Gasteiger partial charge is 0.243 e. The topological polar surface area (TPSA) is 92.5 Å². The lowest BCUT2D eigenvalue weighted by Gasteiger charge is -2.17. The summed E-state index contributed by atoms with van der Waals surface area (Å²) >= 11 is 4.81. The van der Waals surface area contributed by atoms with Gasteiger partial charge in [-0.25, -0.2) is 8.42 Å². The summed E-state index contributed by atoms with van der Waals surface area (Å²) in [6.45, 7) is 2.22. The highest BCUT2D eigenvalue weighted by atomic mass is 32.2. The van der Waals surface area contributed by atoms with Crippen molar-refractivity contribution in [1.29, 1.82) is 0 Å². The number of amides is 1. The highest BCUT2D eigenvalue weighted by molar-refractivity contribution is 7.89. The van der Waals surface area contributed by atoms with Gasteiger partial charge in [-0.1, -0.05) is 31.3 Å². The molecule has 1 rings (SSSR count). The number of nitrogens with one attached hydrogen (secondary N) is 1. The fourth-order valence-electron chi connectivity index (χ4n) is 1.58. The number of benzene rings is 1. The number of hydrogen-bond donors (Lipinski definition) is 2. The second kappa shape index (κ2) is 7.48. The molecule has 1 aromatic carbocycles. The molecule has 0 aliphatic rings. The lowest BCUT2D eigenvalue weighted by molar-refractivity contribution is -0.121. The summed E-state index contributed by atoms with van der Waals surface area (Å²) in [5.41, 5.74) is 6.05. The highest BCUT2D eigenvalue weighted by Crippen LogP contribution is 2.15. The number of nitrogens with zero attached hydrogens (tertiary/aromatic N) is 1. The zero-order valence-electron chi connectivity index (χ0n) is 12.0. The van der Waals surface area contributed by atoms with Gasteiger partial charge in [0.15, 0.2) is 0 Å². The molecule has 0 saturated heterocycles. The number of sulfonamides is 1.